The lowest BCUT2D eigenvalue weighted by Gasteiger charge is -2.04. The molecule has 0 heterocycles. The lowest BCUT2D eigenvalue weighted by molar-refractivity contribution is 0.0989. The number of rotatable bonds is 3. The van der Waals surface area contributed by atoms with Crippen LogP contribution in [0.15, 0.2) is 12.1 Å². The van der Waals surface area contributed by atoms with Gasteiger partial charge in [0.15, 0.2) is 5.78 Å². The van der Waals surface area contributed by atoms with E-state index in [0.29, 0.717) is 0 Å². The van der Waals surface area contributed by atoms with Crippen molar-refractivity contribution in [3.8, 4) is 0 Å². The van der Waals surface area contributed by atoms with E-state index < -0.39 is 11.6 Å². The maximum absolute atomic E-state index is 13.1. The zero-order chi connectivity index (χ0) is 10.7. The van der Waals surface area contributed by atoms with Gasteiger partial charge in [0, 0.05) is 6.07 Å². The molecule has 0 spiro atoms. The standard InChI is InChI=1S/C10H11F2NO/c1-6-3-7(10(14)5-13-2)9(12)4-8(6)11/h3-4,13H,5H2,1-2H3. The largest absolute Gasteiger partial charge is 0.313 e. The predicted molar refractivity (Wildman–Crippen MR) is 49.4 cm³/mol. The number of halogens is 2. The molecule has 0 aliphatic carbocycles. The number of carbonyl (C=O) groups excluding carboxylic acids is 1. The van der Waals surface area contributed by atoms with Gasteiger partial charge in [0.05, 0.1) is 12.1 Å². The van der Waals surface area contributed by atoms with Crippen LogP contribution < -0.4 is 5.32 Å². The molecule has 0 radical (unpaired) electrons. The fourth-order valence-electron chi connectivity index (χ4n) is 1.13. The molecule has 14 heavy (non-hydrogen) atoms. The number of hydrogen-bond donors (Lipinski definition) is 1. The van der Waals surface area contributed by atoms with Gasteiger partial charge in [0.1, 0.15) is 11.6 Å². The highest BCUT2D eigenvalue weighted by Gasteiger charge is 2.13. The molecule has 2 nitrogen and oxygen atoms in total. The van der Waals surface area contributed by atoms with Gasteiger partial charge in [-0.2, -0.15) is 0 Å². The second-order valence-electron chi connectivity index (χ2n) is 3.03. The van der Waals surface area contributed by atoms with Crippen LogP contribution in [0.1, 0.15) is 15.9 Å². The van der Waals surface area contributed by atoms with E-state index in [1.165, 1.54) is 13.0 Å². The Labute approximate surface area is 80.9 Å². The molecule has 0 saturated heterocycles. The molecule has 0 atom stereocenters. The highest BCUT2D eigenvalue weighted by Crippen LogP contribution is 2.14. The van der Waals surface area contributed by atoms with E-state index in [-0.39, 0.29) is 23.5 Å². The van der Waals surface area contributed by atoms with Crippen molar-refractivity contribution in [1.82, 2.24) is 5.32 Å². The van der Waals surface area contributed by atoms with E-state index in [1.54, 1.807) is 7.05 Å². The predicted octanol–water partition coefficient (Wildman–Crippen LogP) is 1.68. The molecule has 1 aromatic rings. The highest BCUT2D eigenvalue weighted by atomic mass is 19.1. The summed E-state index contributed by atoms with van der Waals surface area (Å²) in [5.41, 5.74) is 0.198. The Bertz CT molecular complexity index is 363. The average molecular weight is 199 g/mol. The molecule has 0 aliphatic rings. The third-order valence-electron chi connectivity index (χ3n) is 1.89. The molecule has 0 aromatic heterocycles. The molecular formula is C10H11F2NO. The number of aryl methyl sites for hydroxylation is 1. The summed E-state index contributed by atoms with van der Waals surface area (Å²) in [6, 6.07) is 1.96. The number of benzene rings is 1. The van der Waals surface area contributed by atoms with Crippen LogP contribution in [0.5, 0.6) is 0 Å². The van der Waals surface area contributed by atoms with Crippen molar-refractivity contribution in [2.75, 3.05) is 13.6 Å². The summed E-state index contributed by atoms with van der Waals surface area (Å²) >= 11 is 0. The fourth-order valence-corrected chi connectivity index (χ4v) is 1.13. The summed E-state index contributed by atoms with van der Waals surface area (Å²) in [5, 5.41) is 2.62. The first kappa shape index (κ1) is 10.8. The van der Waals surface area contributed by atoms with Gasteiger partial charge >= 0.3 is 0 Å². The van der Waals surface area contributed by atoms with Gasteiger partial charge in [0.2, 0.25) is 0 Å². The van der Waals surface area contributed by atoms with Gasteiger partial charge in [0.25, 0.3) is 0 Å². The Balaban J connectivity index is 3.09. The van der Waals surface area contributed by atoms with E-state index >= 15 is 0 Å². The highest BCUT2D eigenvalue weighted by molar-refractivity contribution is 5.98. The van der Waals surface area contributed by atoms with Gasteiger partial charge < -0.3 is 5.32 Å². The van der Waals surface area contributed by atoms with E-state index in [0.717, 1.165) is 6.07 Å². The van der Waals surface area contributed by atoms with E-state index in [1.807, 2.05) is 0 Å². The van der Waals surface area contributed by atoms with Crippen LogP contribution in [0.3, 0.4) is 0 Å². The van der Waals surface area contributed by atoms with Crippen molar-refractivity contribution in [3.63, 3.8) is 0 Å². The first-order valence-electron chi connectivity index (χ1n) is 4.19. The number of likely N-dealkylation sites (N-methyl/N-ethyl adjacent to an activating group) is 1. The van der Waals surface area contributed by atoms with Gasteiger partial charge in [-0.15, -0.1) is 0 Å². The molecule has 4 heteroatoms. The van der Waals surface area contributed by atoms with E-state index in [4.69, 9.17) is 0 Å². The maximum Gasteiger partial charge on any atom is 0.179 e. The van der Waals surface area contributed by atoms with Crippen molar-refractivity contribution in [3.05, 3.63) is 34.9 Å². The van der Waals surface area contributed by atoms with Crippen LogP contribution in [-0.2, 0) is 0 Å². The van der Waals surface area contributed by atoms with Crippen molar-refractivity contribution >= 4 is 5.78 Å². The van der Waals surface area contributed by atoms with E-state index in [2.05, 4.69) is 5.32 Å². The minimum absolute atomic E-state index is 0.0436. The molecule has 0 amide bonds. The third-order valence-corrected chi connectivity index (χ3v) is 1.89. The third kappa shape index (κ3) is 2.14. The molecule has 76 valence electrons. The molecule has 1 rings (SSSR count). The SMILES string of the molecule is CNCC(=O)c1cc(C)c(F)cc1F. The van der Waals surface area contributed by atoms with Crippen molar-refractivity contribution in [1.29, 1.82) is 0 Å². The molecule has 0 unspecified atom stereocenters. The molecule has 0 fully saturated rings. The molecular weight excluding hydrogens is 188 g/mol. The first-order chi connectivity index (χ1) is 6.56. The minimum atomic E-state index is -0.812. The fraction of sp³-hybridized carbons (Fsp3) is 0.300. The summed E-state index contributed by atoms with van der Waals surface area (Å²) in [6.45, 7) is 1.53. The number of carbonyl (C=O) groups is 1. The Morgan fingerprint density at radius 1 is 1.36 bits per heavy atom. The van der Waals surface area contributed by atoms with Crippen LogP contribution in [0.4, 0.5) is 8.78 Å². The summed E-state index contributed by atoms with van der Waals surface area (Å²) in [4.78, 5) is 11.3. The zero-order valence-corrected chi connectivity index (χ0v) is 8.03. The van der Waals surface area contributed by atoms with Gasteiger partial charge in [-0.3, -0.25) is 4.79 Å². The second-order valence-corrected chi connectivity index (χ2v) is 3.03. The molecule has 1 aromatic carbocycles. The van der Waals surface area contributed by atoms with Crippen LogP contribution >= 0.6 is 0 Å². The van der Waals surface area contributed by atoms with Crippen molar-refractivity contribution in [2.45, 2.75) is 6.92 Å². The number of hydrogen-bond acceptors (Lipinski definition) is 2. The summed E-state index contributed by atoms with van der Waals surface area (Å²) in [5.74, 6) is -1.83. The number of nitrogens with one attached hydrogen (secondary N) is 1. The van der Waals surface area contributed by atoms with Crippen LogP contribution in [-0.4, -0.2) is 19.4 Å². The molecule has 1 N–H and O–H groups in total. The topological polar surface area (TPSA) is 29.1 Å². The summed E-state index contributed by atoms with van der Waals surface area (Å²) in [7, 11) is 1.59. The van der Waals surface area contributed by atoms with Crippen molar-refractivity contribution in [2.24, 2.45) is 0 Å². The average Bonchev–Trinajstić information content (AvgIpc) is 2.11. The molecule has 0 saturated carbocycles. The minimum Gasteiger partial charge on any atom is -0.313 e. The van der Waals surface area contributed by atoms with Gasteiger partial charge in [-0.05, 0) is 25.6 Å². The lowest BCUT2D eigenvalue weighted by Crippen LogP contribution is -2.19. The Morgan fingerprint density at radius 3 is 2.57 bits per heavy atom. The van der Waals surface area contributed by atoms with Crippen LogP contribution in [0, 0.1) is 18.6 Å². The van der Waals surface area contributed by atoms with Crippen LogP contribution in [0.25, 0.3) is 0 Å². The quantitative estimate of drug-likeness (QED) is 0.750. The Kier molecular flexibility index (Phi) is 3.30. The lowest BCUT2D eigenvalue weighted by atomic mass is 10.1. The van der Waals surface area contributed by atoms with Gasteiger partial charge in [-0.1, -0.05) is 0 Å². The van der Waals surface area contributed by atoms with Gasteiger partial charge in [-0.25, -0.2) is 8.78 Å². The Hall–Kier alpha value is -1.29. The Morgan fingerprint density at radius 2 is 2.00 bits per heavy atom. The summed E-state index contributed by atoms with van der Waals surface area (Å²) < 4.78 is 26.0. The zero-order valence-electron chi connectivity index (χ0n) is 8.03. The number of Topliss-reactive ketones (excluding diaryl/α,β-unsaturated/α-hetero) is 1. The molecule has 0 aliphatic heterocycles. The number of ketones is 1. The summed E-state index contributed by atoms with van der Waals surface area (Å²) in [6.07, 6.45) is 0. The van der Waals surface area contributed by atoms with Crippen LogP contribution in [0.2, 0.25) is 0 Å². The van der Waals surface area contributed by atoms with E-state index in [9.17, 15) is 13.6 Å². The monoisotopic (exact) mass is 199 g/mol. The molecule has 0 bridgehead atoms. The second kappa shape index (κ2) is 4.28. The maximum atomic E-state index is 13.1. The first-order valence-corrected chi connectivity index (χ1v) is 4.19. The van der Waals surface area contributed by atoms with Crippen molar-refractivity contribution < 1.29 is 13.6 Å². The normalized spacial score (nSPS) is 10.3. The smallest absolute Gasteiger partial charge is 0.179 e.